The highest BCUT2D eigenvalue weighted by molar-refractivity contribution is 5.98. The maximum Gasteiger partial charge on any atom is 0.273 e. The Morgan fingerprint density at radius 3 is 2.47 bits per heavy atom. The van der Waals surface area contributed by atoms with E-state index < -0.39 is 5.56 Å². The summed E-state index contributed by atoms with van der Waals surface area (Å²) in [5.74, 6) is -0.279. The van der Waals surface area contributed by atoms with Crippen molar-refractivity contribution in [1.29, 1.82) is 5.26 Å². The van der Waals surface area contributed by atoms with Gasteiger partial charge < -0.3 is 5.32 Å². The molecule has 2 aromatic carbocycles. The number of nitrogens with one attached hydrogen (secondary N) is 1. The van der Waals surface area contributed by atoms with Gasteiger partial charge in [-0.15, -0.1) is 0 Å². The lowest BCUT2D eigenvalue weighted by Gasteiger charge is -2.20. The Kier molecular flexibility index (Phi) is 5.27. The molecule has 3 aromatic rings. The number of pyridine rings is 1. The van der Waals surface area contributed by atoms with Gasteiger partial charge in [-0.3, -0.25) is 19.0 Å². The quantitative estimate of drug-likeness (QED) is 0.732. The van der Waals surface area contributed by atoms with Crippen molar-refractivity contribution in [3.05, 3.63) is 99.0 Å². The van der Waals surface area contributed by atoms with Gasteiger partial charge in [0.1, 0.15) is 11.6 Å². The molecule has 1 heterocycles. The van der Waals surface area contributed by atoms with Gasteiger partial charge >= 0.3 is 0 Å². The van der Waals surface area contributed by atoms with E-state index in [1.807, 2.05) is 36.4 Å². The van der Waals surface area contributed by atoms with Crippen LogP contribution < -0.4 is 10.9 Å². The fourth-order valence-corrected chi connectivity index (χ4v) is 3.69. The Balaban J connectivity index is 1.64. The number of hydrogen-bond donors (Lipinski definition) is 1. The molecule has 0 spiro atoms. The van der Waals surface area contributed by atoms with Crippen LogP contribution in [0.25, 0.3) is 5.69 Å². The van der Waals surface area contributed by atoms with E-state index in [1.54, 1.807) is 24.3 Å². The third-order valence-electron chi connectivity index (χ3n) is 5.22. The number of Topliss-reactive ketones (excluding diaryl/α,β-unsaturated/α-hetero) is 1. The summed E-state index contributed by atoms with van der Waals surface area (Å²) in [5, 5.41) is 12.2. The van der Waals surface area contributed by atoms with E-state index in [9.17, 15) is 19.6 Å². The van der Waals surface area contributed by atoms with Crippen LogP contribution >= 0.6 is 0 Å². The third kappa shape index (κ3) is 3.65. The molecule has 0 unspecified atom stereocenters. The smallest absolute Gasteiger partial charge is 0.273 e. The molecule has 1 aliphatic rings. The van der Waals surface area contributed by atoms with Crippen LogP contribution in [0.15, 0.2) is 65.5 Å². The first-order valence-electron chi connectivity index (χ1n) is 9.73. The van der Waals surface area contributed by atoms with Crippen molar-refractivity contribution in [2.45, 2.75) is 25.8 Å². The Labute approximate surface area is 173 Å². The standard InChI is InChI=1S/C24H19N3O3/c25-14-18-13-20-21(7-4-8-22(20)28)27(24(18)30)19-11-9-17(10-12-19)23(29)26-15-16-5-2-1-3-6-16/h1-3,5-6,9-13H,4,7-8,15H2,(H,26,29). The minimum Gasteiger partial charge on any atom is -0.348 e. The van der Waals surface area contributed by atoms with Crippen LogP contribution in [0, 0.1) is 11.3 Å². The lowest BCUT2D eigenvalue weighted by atomic mass is 9.93. The molecule has 6 heteroatoms. The van der Waals surface area contributed by atoms with Crippen molar-refractivity contribution in [2.24, 2.45) is 0 Å². The Hall–Kier alpha value is -3.98. The highest BCUT2D eigenvalue weighted by Crippen LogP contribution is 2.23. The molecule has 148 valence electrons. The predicted molar refractivity (Wildman–Crippen MR) is 112 cm³/mol. The van der Waals surface area contributed by atoms with E-state index in [4.69, 9.17) is 0 Å². The molecule has 0 aliphatic heterocycles. The van der Waals surface area contributed by atoms with E-state index in [0.717, 1.165) is 5.56 Å². The number of nitriles is 1. The minimum absolute atomic E-state index is 0.0570. The summed E-state index contributed by atoms with van der Waals surface area (Å²) in [5.41, 5.74) is 2.53. The SMILES string of the molecule is N#Cc1cc2c(n(-c3ccc(C(=O)NCc4ccccc4)cc3)c1=O)CCCC2=O. The van der Waals surface area contributed by atoms with Gasteiger partial charge in [-0.05, 0) is 48.7 Å². The van der Waals surface area contributed by atoms with Crippen LogP contribution in [0.3, 0.4) is 0 Å². The molecule has 30 heavy (non-hydrogen) atoms. The second-order valence-corrected chi connectivity index (χ2v) is 7.16. The van der Waals surface area contributed by atoms with Gasteiger partial charge in [0.05, 0.1) is 0 Å². The van der Waals surface area contributed by atoms with E-state index in [1.165, 1.54) is 10.6 Å². The first-order chi connectivity index (χ1) is 14.6. The molecular weight excluding hydrogens is 378 g/mol. The Morgan fingerprint density at radius 2 is 1.77 bits per heavy atom. The maximum atomic E-state index is 12.8. The van der Waals surface area contributed by atoms with Crippen LogP contribution in [-0.2, 0) is 13.0 Å². The first-order valence-corrected chi connectivity index (χ1v) is 9.73. The molecule has 4 rings (SSSR count). The van der Waals surface area contributed by atoms with E-state index >= 15 is 0 Å². The summed E-state index contributed by atoms with van der Waals surface area (Å²) in [6.07, 6.45) is 1.66. The van der Waals surface area contributed by atoms with E-state index in [-0.39, 0.29) is 17.3 Å². The normalized spacial score (nSPS) is 12.7. The number of amides is 1. The average molecular weight is 397 g/mol. The molecule has 1 N–H and O–H groups in total. The van der Waals surface area contributed by atoms with Crippen molar-refractivity contribution >= 4 is 11.7 Å². The predicted octanol–water partition coefficient (Wildman–Crippen LogP) is 3.16. The number of hydrogen-bond acceptors (Lipinski definition) is 4. The number of nitrogens with zero attached hydrogens (tertiary/aromatic N) is 2. The second kappa shape index (κ2) is 8.18. The van der Waals surface area contributed by atoms with Gasteiger partial charge in [0.25, 0.3) is 11.5 Å². The van der Waals surface area contributed by atoms with Crippen molar-refractivity contribution < 1.29 is 9.59 Å². The molecule has 1 amide bonds. The van der Waals surface area contributed by atoms with Crippen LogP contribution in [0.2, 0.25) is 0 Å². The molecule has 6 nitrogen and oxygen atoms in total. The molecule has 0 radical (unpaired) electrons. The van der Waals surface area contributed by atoms with Gasteiger partial charge in [-0.25, -0.2) is 0 Å². The molecule has 0 bridgehead atoms. The largest absolute Gasteiger partial charge is 0.348 e. The van der Waals surface area contributed by atoms with E-state index in [0.29, 0.717) is 48.3 Å². The lowest BCUT2D eigenvalue weighted by molar-refractivity contribution is 0.0948. The average Bonchev–Trinajstić information content (AvgIpc) is 2.78. The van der Waals surface area contributed by atoms with Crippen LogP contribution in [0.1, 0.15) is 50.4 Å². The number of rotatable bonds is 4. The van der Waals surface area contributed by atoms with Crippen molar-refractivity contribution in [3.8, 4) is 11.8 Å². The topological polar surface area (TPSA) is 92.0 Å². The zero-order valence-electron chi connectivity index (χ0n) is 16.2. The number of carbonyl (C=O) groups is 2. The molecule has 0 saturated heterocycles. The number of carbonyl (C=O) groups excluding carboxylic acids is 2. The molecular formula is C24H19N3O3. The second-order valence-electron chi connectivity index (χ2n) is 7.16. The highest BCUT2D eigenvalue weighted by Gasteiger charge is 2.24. The summed E-state index contributed by atoms with van der Waals surface area (Å²) >= 11 is 0. The minimum atomic E-state index is -0.452. The van der Waals surface area contributed by atoms with Crippen molar-refractivity contribution in [3.63, 3.8) is 0 Å². The fraction of sp³-hybridized carbons (Fsp3) is 0.167. The summed E-state index contributed by atoms with van der Waals surface area (Å²) < 4.78 is 1.43. The summed E-state index contributed by atoms with van der Waals surface area (Å²) in [4.78, 5) is 37.6. The molecule has 0 saturated carbocycles. The number of fused-ring (bicyclic) bond motifs is 1. The van der Waals surface area contributed by atoms with E-state index in [2.05, 4.69) is 5.32 Å². The van der Waals surface area contributed by atoms with Gasteiger partial charge in [0.2, 0.25) is 0 Å². The van der Waals surface area contributed by atoms with Crippen LogP contribution in [-0.4, -0.2) is 16.3 Å². The highest BCUT2D eigenvalue weighted by atomic mass is 16.2. The van der Waals surface area contributed by atoms with Gasteiger partial charge in [-0.1, -0.05) is 30.3 Å². The van der Waals surface area contributed by atoms with Crippen LogP contribution in [0.4, 0.5) is 0 Å². The Morgan fingerprint density at radius 1 is 1.03 bits per heavy atom. The van der Waals surface area contributed by atoms with Gasteiger partial charge in [0.15, 0.2) is 5.78 Å². The maximum absolute atomic E-state index is 12.8. The zero-order valence-corrected chi connectivity index (χ0v) is 16.2. The summed E-state index contributed by atoms with van der Waals surface area (Å²) in [6, 6.07) is 19.5. The molecule has 1 aromatic heterocycles. The summed E-state index contributed by atoms with van der Waals surface area (Å²) in [6.45, 7) is 0.417. The van der Waals surface area contributed by atoms with Crippen LogP contribution in [0.5, 0.6) is 0 Å². The molecule has 1 aliphatic carbocycles. The third-order valence-corrected chi connectivity index (χ3v) is 5.22. The molecule has 0 fully saturated rings. The zero-order chi connectivity index (χ0) is 21.1. The first kappa shape index (κ1) is 19.3. The van der Waals surface area contributed by atoms with Gasteiger partial charge in [-0.2, -0.15) is 5.26 Å². The fourth-order valence-electron chi connectivity index (χ4n) is 3.69. The Bertz CT molecular complexity index is 1220. The number of ketones is 1. The lowest BCUT2D eigenvalue weighted by Crippen LogP contribution is -2.29. The van der Waals surface area contributed by atoms with Crippen molar-refractivity contribution in [1.82, 2.24) is 9.88 Å². The van der Waals surface area contributed by atoms with Crippen molar-refractivity contribution in [2.75, 3.05) is 0 Å². The van der Waals surface area contributed by atoms with Gasteiger partial charge in [0, 0.05) is 35.5 Å². The summed E-state index contributed by atoms with van der Waals surface area (Å²) in [7, 11) is 0. The number of benzene rings is 2. The number of aromatic nitrogens is 1. The monoisotopic (exact) mass is 397 g/mol. The molecule has 0 atom stereocenters.